The third-order valence-electron chi connectivity index (χ3n) is 1.65. The van der Waals surface area contributed by atoms with Crippen molar-refractivity contribution in [3.05, 3.63) is 0 Å². The Morgan fingerprint density at radius 1 is 0.923 bits per heavy atom. The predicted octanol–water partition coefficient (Wildman–Crippen LogP) is 1.48. The van der Waals surface area contributed by atoms with Crippen LogP contribution >= 0.6 is 0 Å². The molecule has 0 saturated carbocycles. The van der Waals surface area contributed by atoms with E-state index in [1.807, 2.05) is 12.1 Å². The van der Waals surface area contributed by atoms with Crippen LogP contribution in [0.4, 0.5) is 0 Å². The Hall–Kier alpha value is -2.04. The SMILES string of the molecule is N#CCCCC(C#N)C(C#N)C#N. The van der Waals surface area contributed by atoms with E-state index in [0.29, 0.717) is 19.3 Å². The minimum Gasteiger partial charge on any atom is -0.198 e. The molecule has 0 bridgehead atoms. The second-order valence-electron chi connectivity index (χ2n) is 2.52. The molecule has 0 aliphatic rings. The fraction of sp³-hybridized carbons (Fsp3) is 0.556. The van der Waals surface area contributed by atoms with Crippen LogP contribution in [0.25, 0.3) is 0 Å². The van der Waals surface area contributed by atoms with Gasteiger partial charge in [0.05, 0.1) is 30.2 Å². The maximum absolute atomic E-state index is 8.62. The van der Waals surface area contributed by atoms with Gasteiger partial charge in [-0.15, -0.1) is 0 Å². The summed E-state index contributed by atoms with van der Waals surface area (Å²) in [5.41, 5.74) is 0. The molecular weight excluding hydrogens is 164 g/mol. The molecule has 0 aromatic rings. The highest BCUT2D eigenvalue weighted by molar-refractivity contribution is 5.08. The Bertz CT molecular complexity index is 292. The minimum atomic E-state index is -0.872. The fourth-order valence-corrected chi connectivity index (χ4v) is 0.916. The maximum Gasteiger partial charge on any atom is 0.149 e. The zero-order chi connectivity index (χ0) is 10.1. The first-order chi connectivity index (χ1) is 6.29. The van der Waals surface area contributed by atoms with E-state index in [0.717, 1.165) is 0 Å². The van der Waals surface area contributed by atoms with Gasteiger partial charge in [-0.05, 0) is 12.8 Å². The van der Waals surface area contributed by atoms with Crippen molar-refractivity contribution < 1.29 is 0 Å². The van der Waals surface area contributed by atoms with E-state index in [2.05, 4.69) is 0 Å². The maximum atomic E-state index is 8.62. The predicted molar refractivity (Wildman–Crippen MR) is 43.3 cm³/mol. The molecule has 0 amide bonds. The Kier molecular flexibility index (Phi) is 5.61. The van der Waals surface area contributed by atoms with Crippen molar-refractivity contribution in [2.24, 2.45) is 11.8 Å². The molecule has 4 nitrogen and oxygen atoms in total. The molecular formula is C9H8N4. The van der Waals surface area contributed by atoms with Gasteiger partial charge in [-0.2, -0.15) is 21.0 Å². The highest BCUT2D eigenvalue weighted by Gasteiger charge is 2.19. The van der Waals surface area contributed by atoms with Crippen LogP contribution < -0.4 is 0 Å². The molecule has 1 unspecified atom stereocenters. The first kappa shape index (κ1) is 11.0. The molecule has 0 rings (SSSR count). The second kappa shape index (κ2) is 6.66. The first-order valence-corrected chi connectivity index (χ1v) is 3.86. The summed E-state index contributed by atoms with van der Waals surface area (Å²) >= 11 is 0. The normalized spacial score (nSPS) is 10.5. The zero-order valence-corrected chi connectivity index (χ0v) is 7.06. The van der Waals surface area contributed by atoms with E-state index in [1.165, 1.54) is 0 Å². The number of nitrogens with zero attached hydrogens (tertiary/aromatic N) is 4. The molecule has 13 heavy (non-hydrogen) atoms. The lowest BCUT2D eigenvalue weighted by atomic mass is 9.91. The zero-order valence-electron chi connectivity index (χ0n) is 7.06. The van der Waals surface area contributed by atoms with E-state index in [4.69, 9.17) is 21.0 Å². The summed E-state index contributed by atoms with van der Waals surface area (Å²) in [6, 6.07) is 7.38. The van der Waals surface area contributed by atoms with Crippen LogP contribution in [0.5, 0.6) is 0 Å². The Balaban J connectivity index is 4.08. The van der Waals surface area contributed by atoms with Gasteiger partial charge in [-0.25, -0.2) is 0 Å². The highest BCUT2D eigenvalue weighted by atomic mass is 14.4. The molecule has 0 radical (unpaired) electrons. The van der Waals surface area contributed by atoms with Gasteiger partial charge in [0.1, 0.15) is 5.92 Å². The lowest BCUT2D eigenvalue weighted by molar-refractivity contribution is 0.523. The lowest BCUT2D eigenvalue weighted by Gasteiger charge is -2.05. The van der Waals surface area contributed by atoms with Crippen LogP contribution in [0.1, 0.15) is 19.3 Å². The monoisotopic (exact) mass is 172 g/mol. The van der Waals surface area contributed by atoms with Gasteiger partial charge in [0.15, 0.2) is 0 Å². The quantitative estimate of drug-likeness (QED) is 0.600. The fourth-order valence-electron chi connectivity index (χ4n) is 0.916. The molecule has 0 aromatic carbocycles. The standard InChI is InChI=1S/C9H8N4/c10-4-2-1-3-8(5-11)9(6-12)7-13/h8-9H,1-3H2. The van der Waals surface area contributed by atoms with Gasteiger partial charge in [0.2, 0.25) is 0 Å². The molecule has 0 saturated heterocycles. The first-order valence-electron chi connectivity index (χ1n) is 3.86. The number of rotatable bonds is 4. The van der Waals surface area contributed by atoms with E-state index < -0.39 is 11.8 Å². The third-order valence-corrected chi connectivity index (χ3v) is 1.65. The van der Waals surface area contributed by atoms with Gasteiger partial charge in [0.25, 0.3) is 0 Å². The summed E-state index contributed by atoms with van der Waals surface area (Å²) in [5.74, 6) is -1.44. The second-order valence-corrected chi connectivity index (χ2v) is 2.52. The van der Waals surface area contributed by atoms with Gasteiger partial charge < -0.3 is 0 Å². The molecule has 0 aliphatic carbocycles. The molecule has 1 atom stereocenters. The van der Waals surface area contributed by atoms with Crippen molar-refractivity contribution in [3.63, 3.8) is 0 Å². The van der Waals surface area contributed by atoms with Crippen molar-refractivity contribution in [2.45, 2.75) is 19.3 Å². The summed E-state index contributed by atoms with van der Waals surface area (Å²) in [6.07, 6.45) is 1.37. The molecule has 0 heterocycles. The molecule has 0 aromatic heterocycles. The van der Waals surface area contributed by atoms with Crippen molar-refractivity contribution >= 4 is 0 Å². The van der Waals surface area contributed by atoms with Crippen LogP contribution in [0.15, 0.2) is 0 Å². The molecule has 64 valence electrons. The summed E-state index contributed by atoms with van der Waals surface area (Å²) in [5, 5.41) is 33.9. The van der Waals surface area contributed by atoms with E-state index in [1.54, 1.807) is 12.1 Å². The van der Waals surface area contributed by atoms with Crippen LogP contribution in [-0.2, 0) is 0 Å². The number of nitriles is 4. The van der Waals surface area contributed by atoms with Crippen LogP contribution in [0, 0.1) is 57.2 Å². The number of hydrogen-bond donors (Lipinski definition) is 0. The average molecular weight is 172 g/mol. The van der Waals surface area contributed by atoms with Gasteiger partial charge in [-0.3, -0.25) is 0 Å². The van der Waals surface area contributed by atoms with Crippen molar-refractivity contribution in [3.8, 4) is 24.3 Å². The topological polar surface area (TPSA) is 95.2 Å². The Labute approximate surface area is 77.2 Å². The van der Waals surface area contributed by atoms with Crippen LogP contribution in [0.2, 0.25) is 0 Å². The average Bonchev–Trinajstić information content (AvgIpc) is 2.17. The van der Waals surface area contributed by atoms with Crippen molar-refractivity contribution in [1.29, 1.82) is 21.0 Å². The van der Waals surface area contributed by atoms with Gasteiger partial charge in [-0.1, -0.05) is 0 Å². The Morgan fingerprint density at radius 3 is 1.92 bits per heavy atom. The van der Waals surface area contributed by atoms with E-state index in [-0.39, 0.29) is 0 Å². The van der Waals surface area contributed by atoms with Crippen LogP contribution in [0.3, 0.4) is 0 Å². The Morgan fingerprint density at radius 2 is 1.54 bits per heavy atom. The van der Waals surface area contributed by atoms with Crippen LogP contribution in [-0.4, -0.2) is 0 Å². The van der Waals surface area contributed by atoms with Crippen molar-refractivity contribution in [1.82, 2.24) is 0 Å². The summed E-state index contributed by atoms with van der Waals surface area (Å²) < 4.78 is 0. The molecule has 0 fully saturated rings. The third kappa shape index (κ3) is 3.76. The summed E-state index contributed by atoms with van der Waals surface area (Å²) in [4.78, 5) is 0. The molecule has 0 aliphatic heterocycles. The van der Waals surface area contributed by atoms with Gasteiger partial charge >= 0.3 is 0 Å². The molecule has 0 spiro atoms. The minimum absolute atomic E-state index is 0.363. The van der Waals surface area contributed by atoms with Crippen molar-refractivity contribution in [2.75, 3.05) is 0 Å². The van der Waals surface area contributed by atoms with Gasteiger partial charge in [0, 0.05) is 6.42 Å². The number of unbranched alkanes of at least 4 members (excludes halogenated alkanes) is 1. The number of hydrogen-bond acceptors (Lipinski definition) is 4. The largest absolute Gasteiger partial charge is 0.198 e. The smallest absolute Gasteiger partial charge is 0.149 e. The summed E-state index contributed by atoms with van der Waals surface area (Å²) in [6.45, 7) is 0. The lowest BCUT2D eigenvalue weighted by Crippen LogP contribution is -2.09. The molecule has 0 N–H and O–H groups in total. The molecule has 4 heteroatoms. The highest BCUT2D eigenvalue weighted by Crippen LogP contribution is 2.16. The van der Waals surface area contributed by atoms with E-state index in [9.17, 15) is 0 Å². The summed E-state index contributed by atoms with van der Waals surface area (Å²) in [7, 11) is 0. The van der Waals surface area contributed by atoms with E-state index >= 15 is 0 Å².